The lowest BCUT2D eigenvalue weighted by Gasteiger charge is -2.28. The molecule has 3 aromatic rings. The van der Waals surface area contributed by atoms with Crippen molar-refractivity contribution < 1.29 is 27.0 Å². The average molecular weight is 491 g/mol. The molecule has 0 atom stereocenters. The summed E-state index contributed by atoms with van der Waals surface area (Å²) in [6.07, 6.45) is 1.21. The summed E-state index contributed by atoms with van der Waals surface area (Å²) in [5, 5.41) is 2.17. The molecule has 0 unspecified atom stereocenters. The first kappa shape index (κ1) is 23.9. The Morgan fingerprint density at radius 3 is 2.26 bits per heavy atom. The van der Waals surface area contributed by atoms with Crippen LogP contribution in [0.4, 0.5) is 10.5 Å². The quantitative estimate of drug-likeness (QED) is 0.328. The third-order valence-corrected chi connectivity index (χ3v) is 6.90. The number of anilines is 1. The number of imide groups is 2. The fraction of sp³-hybridized carbons (Fsp3) is 0.115. The van der Waals surface area contributed by atoms with Crippen LogP contribution in [0.25, 0.3) is 6.08 Å². The second-order valence-corrected chi connectivity index (χ2v) is 9.61. The topological polar surface area (TPSA) is 110 Å². The molecule has 0 radical (unpaired) electrons. The summed E-state index contributed by atoms with van der Waals surface area (Å²) in [4.78, 5) is 39.3. The molecule has 1 aliphatic heterocycles. The number of benzene rings is 3. The van der Waals surface area contributed by atoms with Crippen LogP contribution >= 0.6 is 0 Å². The van der Waals surface area contributed by atoms with Gasteiger partial charge in [-0.25, -0.2) is 9.69 Å². The van der Waals surface area contributed by atoms with Gasteiger partial charge in [0.15, 0.2) is 0 Å². The van der Waals surface area contributed by atoms with Crippen molar-refractivity contribution in [2.45, 2.75) is 25.7 Å². The third kappa shape index (κ3) is 4.71. The normalized spacial score (nSPS) is 15.3. The van der Waals surface area contributed by atoms with Gasteiger partial charge in [-0.3, -0.25) is 14.9 Å². The Balaban J connectivity index is 1.73. The maximum absolute atomic E-state index is 13.3. The first-order chi connectivity index (χ1) is 16.6. The summed E-state index contributed by atoms with van der Waals surface area (Å²) in [7, 11) is -4.17. The number of rotatable bonds is 5. The molecule has 0 saturated carbocycles. The van der Waals surface area contributed by atoms with E-state index in [2.05, 4.69) is 5.32 Å². The predicted octanol–water partition coefficient (Wildman–Crippen LogP) is 4.05. The van der Waals surface area contributed by atoms with Crippen LogP contribution in [-0.4, -0.2) is 26.3 Å². The molecular weight excluding hydrogens is 468 g/mol. The van der Waals surface area contributed by atoms with E-state index in [0.717, 1.165) is 16.0 Å². The van der Waals surface area contributed by atoms with Gasteiger partial charge in [0.05, 0.1) is 5.69 Å². The maximum Gasteiger partial charge on any atom is 0.339 e. The van der Waals surface area contributed by atoms with Gasteiger partial charge in [0.1, 0.15) is 16.2 Å². The zero-order valence-electron chi connectivity index (χ0n) is 19.2. The van der Waals surface area contributed by atoms with Gasteiger partial charge in [0, 0.05) is 5.56 Å². The second kappa shape index (κ2) is 9.19. The maximum atomic E-state index is 13.3. The van der Waals surface area contributed by atoms with E-state index in [0.29, 0.717) is 11.3 Å². The van der Waals surface area contributed by atoms with Gasteiger partial charge in [-0.1, -0.05) is 48.0 Å². The van der Waals surface area contributed by atoms with Crippen molar-refractivity contribution in [2.75, 3.05) is 4.90 Å². The number of para-hydroxylation sites is 1. The van der Waals surface area contributed by atoms with Crippen molar-refractivity contribution in [2.24, 2.45) is 0 Å². The molecular formula is C26H22N2O6S. The van der Waals surface area contributed by atoms with E-state index >= 15 is 0 Å². The van der Waals surface area contributed by atoms with E-state index in [1.165, 1.54) is 30.3 Å². The van der Waals surface area contributed by atoms with Crippen LogP contribution in [0.3, 0.4) is 0 Å². The lowest BCUT2D eigenvalue weighted by molar-refractivity contribution is -0.122. The Hall–Kier alpha value is -4.24. The number of aryl methyl sites for hydroxylation is 2. The van der Waals surface area contributed by atoms with E-state index < -0.39 is 28.0 Å². The van der Waals surface area contributed by atoms with Crippen molar-refractivity contribution in [1.82, 2.24) is 5.32 Å². The summed E-state index contributed by atoms with van der Waals surface area (Å²) in [5.74, 6) is -1.79. The highest BCUT2D eigenvalue weighted by Gasteiger charge is 2.37. The zero-order valence-corrected chi connectivity index (χ0v) is 20.0. The minimum Gasteiger partial charge on any atom is -0.378 e. The number of urea groups is 1. The molecule has 9 heteroatoms. The Bertz CT molecular complexity index is 1490. The monoisotopic (exact) mass is 490 g/mol. The third-order valence-electron chi connectivity index (χ3n) is 5.65. The van der Waals surface area contributed by atoms with Crippen molar-refractivity contribution in [1.29, 1.82) is 0 Å². The van der Waals surface area contributed by atoms with Crippen LogP contribution in [0, 0.1) is 20.8 Å². The van der Waals surface area contributed by atoms with Crippen LogP contribution < -0.4 is 14.4 Å². The van der Waals surface area contributed by atoms with Gasteiger partial charge >= 0.3 is 16.1 Å². The van der Waals surface area contributed by atoms with Crippen LogP contribution in [-0.2, 0) is 19.7 Å². The van der Waals surface area contributed by atoms with Crippen LogP contribution in [0.5, 0.6) is 5.75 Å². The van der Waals surface area contributed by atoms with E-state index in [9.17, 15) is 22.8 Å². The molecule has 1 fully saturated rings. The Kier molecular flexibility index (Phi) is 6.27. The molecule has 1 heterocycles. The van der Waals surface area contributed by atoms with Crippen molar-refractivity contribution in [3.63, 3.8) is 0 Å². The Morgan fingerprint density at radius 1 is 0.857 bits per heavy atom. The van der Waals surface area contributed by atoms with Crippen LogP contribution in [0.15, 0.2) is 77.2 Å². The first-order valence-electron chi connectivity index (χ1n) is 10.7. The number of hydrogen-bond acceptors (Lipinski definition) is 6. The number of carbonyl (C=O) groups is 3. The molecule has 1 N–H and O–H groups in total. The average Bonchev–Trinajstić information content (AvgIpc) is 2.80. The highest BCUT2D eigenvalue weighted by molar-refractivity contribution is 7.87. The number of nitrogens with one attached hydrogen (secondary N) is 1. The Labute approximate surface area is 203 Å². The molecule has 0 aromatic heterocycles. The lowest BCUT2D eigenvalue weighted by Crippen LogP contribution is -2.54. The number of carbonyl (C=O) groups excluding carboxylic acids is 3. The van der Waals surface area contributed by atoms with Gasteiger partial charge in [-0.05, 0) is 62.2 Å². The minimum atomic E-state index is -4.17. The smallest absolute Gasteiger partial charge is 0.339 e. The predicted molar refractivity (Wildman–Crippen MR) is 130 cm³/mol. The molecule has 35 heavy (non-hydrogen) atoms. The van der Waals surface area contributed by atoms with Gasteiger partial charge in [0.25, 0.3) is 11.8 Å². The second-order valence-electron chi connectivity index (χ2n) is 8.07. The molecule has 178 valence electrons. The molecule has 4 rings (SSSR count). The number of amides is 4. The largest absolute Gasteiger partial charge is 0.378 e. The summed E-state index contributed by atoms with van der Waals surface area (Å²) in [6.45, 7) is 5.44. The molecule has 0 spiro atoms. The summed E-state index contributed by atoms with van der Waals surface area (Å²) in [5.41, 5.74) is 2.64. The molecule has 3 aromatic carbocycles. The van der Waals surface area contributed by atoms with Crippen LogP contribution in [0.1, 0.15) is 22.3 Å². The van der Waals surface area contributed by atoms with Gasteiger partial charge < -0.3 is 4.18 Å². The zero-order chi connectivity index (χ0) is 25.3. The fourth-order valence-electron chi connectivity index (χ4n) is 3.56. The molecule has 8 nitrogen and oxygen atoms in total. The summed E-state index contributed by atoms with van der Waals surface area (Å²) < 4.78 is 30.9. The summed E-state index contributed by atoms with van der Waals surface area (Å²) in [6, 6.07) is 16.5. The first-order valence-corrected chi connectivity index (χ1v) is 12.1. The molecule has 1 saturated heterocycles. The van der Waals surface area contributed by atoms with Gasteiger partial charge in [0.2, 0.25) is 0 Å². The minimum absolute atomic E-state index is 0.0382. The molecule has 0 aliphatic carbocycles. The van der Waals surface area contributed by atoms with Crippen LogP contribution in [0.2, 0.25) is 0 Å². The van der Waals surface area contributed by atoms with E-state index in [1.807, 2.05) is 19.9 Å². The number of hydrogen-bond donors (Lipinski definition) is 1. The lowest BCUT2D eigenvalue weighted by atomic mass is 10.0. The van der Waals surface area contributed by atoms with E-state index in [1.54, 1.807) is 43.3 Å². The number of barbiturate groups is 1. The Morgan fingerprint density at radius 2 is 1.54 bits per heavy atom. The van der Waals surface area contributed by atoms with E-state index in [-0.39, 0.29) is 21.8 Å². The molecule has 0 bridgehead atoms. The highest BCUT2D eigenvalue weighted by Crippen LogP contribution is 2.29. The summed E-state index contributed by atoms with van der Waals surface area (Å²) >= 11 is 0. The van der Waals surface area contributed by atoms with E-state index in [4.69, 9.17) is 4.18 Å². The SMILES string of the molecule is Cc1ccc(S(=O)(=O)Oc2ccccc2/C=C2\C(=O)NC(=O)N(c3cccc(C)c3C)C2=O)cc1. The van der Waals surface area contributed by atoms with Gasteiger partial charge in [-0.2, -0.15) is 8.42 Å². The highest BCUT2D eigenvalue weighted by atomic mass is 32.2. The fourth-order valence-corrected chi connectivity index (χ4v) is 4.51. The molecule has 1 aliphatic rings. The molecule has 4 amide bonds. The van der Waals surface area contributed by atoms with Crippen molar-refractivity contribution in [3.05, 3.63) is 94.6 Å². The van der Waals surface area contributed by atoms with Gasteiger partial charge in [-0.15, -0.1) is 0 Å². The number of nitrogens with zero attached hydrogens (tertiary/aromatic N) is 1. The van der Waals surface area contributed by atoms with Crippen molar-refractivity contribution in [3.8, 4) is 5.75 Å². The van der Waals surface area contributed by atoms with Crippen molar-refractivity contribution >= 4 is 39.7 Å². The standard InChI is InChI=1S/C26H22N2O6S/c1-16-11-13-20(14-12-16)35(32,33)34-23-10-5-4-8-19(23)15-21-24(29)27-26(31)28(25(21)30)22-9-6-7-17(2)18(22)3/h4-15H,1-3H3,(H,27,29,31)/b21-15+.